The molecule has 3 aromatic rings. The normalized spacial score (nSPS) is 10.4. The number of rotatable bonds is 7. The average molecular weight is 361 g/mol. The smallest absolute Gasteiger partial charge is 0.271 e. The van der Waals surface area contributed by atoms with Gasteiger partial charge in [0.2, 0.25) is 0 Å². The molecule has 0 saturated heterocycles. The second-order valence-electron chi connectivity index (χ2n) is 6.14. The van der Waals surface area contributed by atoms with Crippen LogP contribution in [-0.4, -0.2) is 16.6 Å². The number of nitrogens with one attached hydrogen (secondary N) is 1. The molecule has 27 heavy (non-hydrogen) atoms. The third-order valence-corrected chi connectivity index (χ3v) is 4.34. The highest BCUT2D eigenvalue weighted by Crippen LogP contribution is 2.23. The van der Waals surface area contributed by atoms with Gasteiger partial charge in [0.25, 0.3) is 5.91 Å². The Morgan fingerprint density at radius 2 is 1.78 bits per heavy atom. The summed E-state index contributed by atoms with van der Waals surface area (Å²) in [6.45, 7) is 4.45. The van der Waals surface area contributed by atoms with Crippen molar-refractivity contribution in [3.8, 4) is 5.75 Å². The number of hydrogen-bond donors (Lipinski definition) is 1. The number of aromatic nitrogens is 1. The SMILES string of the molecule is CCC(CC)=NNC(=O)c1ccc(COc2cccc3cccnc23)cc1. The second kappa shape index (κ2) is 8.94. The number of fused-ring (bicyclic) bond motifs is 1. The lowest BCUT2D eigenvalue weighted by atomic mass is 10.1. The number of hydrazone groups is 1. The van der Waals surface area contributed by atoms with Gasteiger partial charge in [-0.1, -0.05) is 44.2 Å². The van der Waals surface area contributed by atoms with Crippen LogP contribution in [0.15, 0.2) is 65.9 Å². The zero-order valence-electron chi connectivity index (χ0n) is 15.6. The van der Waals surface area contributed by atoms with Gasteiger partial charge >= 0.3 is 0 Å². The van der Waals surface area contributed by atoms with Crippen LogP contribution in [0.5, 0.6) is 5.75 Å². The summed E-state index contributed by atoms with van der Waals surface area (Å²) in [5.74, 6) is 0.538. The molecule has 0 aliphatic heterocycles. The minimum absolute atomic E-state index is 0.208. The first-order valence-corrected chi connectivity index (χ1v) is 9.12. The molecule has 0 spiro atoms. The summed E-state index contributed by atoms with van der Waals surface area (Å²) >= 11 is 0. The quantitative estimate of drug-likeness (QED) is 0.489. The van der Waals surface area contributed by atoms with E-state index in [1.165, 1.54) is 0 Å². The highest BCUT2D eigenvalue weighted by molar-refractivity contribution is 5.95. The van der Waals surface area contributed by atoms with Gasteiger partial charge in [-0.25, -0.2) is 5.43 Å². The molecule has 0 saturated carbocycles. The molecule has 3 rings (SSSR count). The van der Waals surface area contributed by atoms with Crippen LogP contribution in [-0.2, 0) is 6.61 Å². The monoisotopic (exact) mass is 361 g/mol. The summed E-state index contributed by atoms with van der Waals surface area (Å²) in [4.78, 5) is 16.5. The zero-order chi connectivity index (χ0) is 19.1. The van der Waals surface area contributed by atoms with Crippen molar-refractivity contribution in [1.29, 1.82) is 0 Å². The molecular formula is C22H23N3O2. The van der Waals surface area contributed by atoms with Crippen molar-refractivity contribution in [2.45, 2.75) is 33.3 Å². The van der Waals surface area contributed by atoms with Crippen LogP contribution >= 0.6 is 0 Å². The van der Waals surface area contributed by atoms with Crippen molar-refractivity contribution in [3.05, 3.63) is 71.9 Å². The van der Waals surface area contributed by atoms with E-state index < -0.39 is 0 Å². The first-order chi connectivity index (χ1) is 13.2. The van der Waals surface area contributed by atoms with Crippen LogP contribution in [0.2, 0.25) is 0 Å². The molecule has 1 heterocycles. The third kappa shape index (κ3) is 4.70. The van der Waals surface area contributed by atoms with E-state index in [0.717, 1.165) is 40.8 Å². The maximum Gasteiger partial charge on any atom is 0.271 e. The van der Waals surface area contributed by atoms with Gasteiger partial charge in [0.15, 0.2) is 0 Å². The summed E-state index contributed by atoms with van der Waals surface area (Å²) in [5.41, 5.74) is 5.97. The summed E-state index contributed by atoms with van der Waals surface area (Å²) in [6.07, 6.45) is 3.42. The lowest BCUT2D eigenvalue weighted by molar-refractivity contribution is 0.0954. The summed E-state index contributed by atoms with van der Waals surface area (Å²) in [6, 6.07) is 17.1. The van der Waals surface area contributed by atoms with Gasteiger partial charge in [-0.15, -0.1) is 0 Å². The van der Waals surface area contributed by atoms with E-state index in [0.29, 0.717) is 12.2 Å². The molecule has 0 aliphatic carbocycles. The lowest BCUT2D eigenvalue weighted by Crippen LogP contribution is -2.19. The van der Waals surface area contributed by atoms with E-state index in [2.05, 4.69) is 15.5 Å². The van der Waals surface area contributed by atoms with Crippen LogP contribution < -0.4 is 10.2 Å². The Morgan fingerprint density at radius 1 is 1.04 bits per heavy atom. The lowest BCUT2D eigenvalue weighted by Gasteiger charge is -2.09. The standard InChI is InChI=1S/C22H23N3O2/c1-3-19(4-2)24-25-22(26)18-12-10-16(11-13-18)15-27-20-9-5-7-17-8-6-14-23-21(17)20/h5-14H,3-4,15H2,1-2H3,(H,25,26). The van der Waals surface area contributed by atoms with Gasteiger partial charge in [-0.05, 0) is 42.7 Å². The van der Waals surface area contributed by atoms with Gasteiger partial charge in [0.1, 0.15) is 17.9 Å². The van der Waals surface area contributed by atoms with E-state index in [1.54, 1.807) is 18.3 Å². The van der Waals surface area contributed by atoms with Gasteiger partial charge in [0.05, 0.1) is 0 Å². The molecule has 138 valence electrons. The maximum absolute atomic E-state index is 12.2. The maximum atomic E-state index is 12.2. The number of benzene rings is 2. The van der Waals surface area contributed by atoms with Crippen LogP contribution in [0, 0.1) is 0 Å². The number of amides is 1. The van der Waals surface area contributed by atoms with Crippen molar-refractivity contribution in [2.75, 3.05) is 0 Å². The number of nitrogens with zero attached hydrogens (tertiary/aromatic N) is 2. The molecule has 1 amide bonds. The van der Waals surface area contributed by atoms with Crippen LogP contribution in [0.3, 0.4) is 0 Å². The van der Waals surface area contributed by atoms with Crippen molar-refractivity contribution in [2.24, 2.45) is 5.10 Å². The molecule has 0 unspecified atom stereocenters. The zero-order valence-corrected chi connectivity index (χ0v) is 15.6. The number of ether oxygens (including phenoxy) is 1. The number of carbonyl (C=O) groups excluding carboxylic acids is 1. The highest BCUT2D eigenvalue weighted by Gasteiger charge is 2.06. The van der Waals surface area contributed by atoms with Crippen molar-refractivity contribution >= 4 is 22.5 Å². The molecule has 1 aromatic heterocycles. The van der Waals surface area contributed by atoms with Crippen LogP contribution in [0.1, 0.15) is 42.6 Å². The van der Waals surface area contributed by atoms with E-state index in [9.17, 15) is 4.79 Å². The first-order valence-electron chi connectivity index (χ1n) is 9.12. The largest absolute Gasteiger partial charge is 0.487 e. The fourth-order valence-electron chi connectivity index (χ4n) is 2.71. The molecule has 5 nitrogen and oxygen atoms in total. The molecule has 0 atom stereocenters. The van der Waals surface area contributed by atoms with Crippen molar-refractivity contribution < 1.29 is 9.53 Å². The second-order valence-corrected chi connectivity index (χ2v) is 6.14. The number of pyridine rings is 1. The predicted molar refractivity (Wildman–Crippen MR) is 108 cm³/mol. The van der Waals surface area contributed by atoms with Crippen molar-refractivity contribution in [3.63, 3.8) is 0 Å². The number of hydrogen-bond acceptors (Lipinski definition) is 4. The van der Waals surface area contributed by atoms with E-state index in [1.807, 2.05) is 56.3 Å². The molecular weight excluding hydrogens is 338 g/mol. The minimum Gasteiger partial charge on any atom is -0.487 e. The van der Waals surface area contributed by atoms with Crippen LogP contribution in [0.25, 0.3) is 10.9 Å². The number of para-hydroxylation sites is 1. The van der Waals surface area contributed by atoms with E-state index in [-0.39, 0.29) is 5.91 Å². The molecule has 5 heteroatoms. The number of carbonyl (C=O) groups is 1. The molecule has 0 aliphatic rings. The van der Waals surface area contributed by atoms with Gasteiger partial charge in [-0.2, -0.15) is 5.10 Å². The summed E-state index contributed by atoms with van der Waals surface area (Å²) in [5, 5.41) is 5.19. The first kappa shape index (κ1) is 18.6. The van der Waals surface area contributed by atoms with E-state index in [4.69, 9.17) is 4.74 Å². The topological polar surface area (TPSA) is 63.6 Å². The fourth-order valence-corrected chi connectivity index (χ4v) is 2.71. The Labute approximate surface area is 159 Å². The minimum atomic E-state index is -0.208. The Morgan fingerprint density at radius 3 is 2.52 bits per heavy atom. The van der Waals surface area contributed by atoms with E-state index >= 15 is 0 Å². The molecule has 0 bridgehead atoms. The Balaban J connectivity index is 1.64. The average Bonchev–Trinajstić information content (AvgIpc) is 2.73. The molecule has 0 radical (unpaired) electrons. The third-order valence-electron chi connectivity index (χ3n) is 4.34. The van der Waals surface area contributed by atoms with Gasteiger partial charge in [-0.3, -0.25) is 9.78 Å². The van der Waals surface area contributed by atoms with Gasteiger partial charge < -0.3 is 4.74 Å². The fraction of sp³-hybridized carbons (Fsp3) is 0.227. The Kier molecular flexibility index (Phi) is 6.15. The molecule has 1 N–H and O–H groups in total. The highest BCUT2D eigenvalue weighted by atomic mass is 16.5. The summed E-state index contributed by atoms with van der Waals surface area (Å²) < 4.78 is 5.93. The van der Waals surface area contributed by atoms with Crippen molar-refractivity contribution in [1.82, 2.24) is 10.4 Å². The summed E-state index contributed by atoms with van der Waals surface area (Å²) in [7, 11) is 0. The predicted octanol–water partition coefficient (Wildman–Crippen LogP) is 4.72. The molecule has 2 aromatic carbocycles. The van der Waals surface area contributed by atoms with Gasteiger partial charge in [0, 0.05) is 22.9 Å². The molecule has 0 fully saturated rings. The van der Waals surface area contributed by atoms with Crippen LogP contribution in [0.4, 0.5) is 0 Å². The Bertz CT molecular complexity index is 938. The Hall–Kier alpha value is -3.21.